The summed E-state index contributed by atoms with van der Waals surface area (Å²) < 4.78 is 5.39. The molecular formula is C14H20N2O4. The van der Waals surface area contributed by atoms with E-state index >= 15 is 0 Å². The third kappa shape index (κ3) is 5.24. The molecule has 0 radical (unpaired) electrons. The van der Waals surface area contributed by atoms with Gasteiger partial charge in [-0.1, -0.05) is 12.1 Å². The summed E-state index contributed by atoms with van der Waals surface area (Å²) in [7, 11) is 0. The van der Waals surface area contributed by atoms with Crippen molar-refractivity contribution in [1.82, 2.24) is 5.32 Å². The highest BCUT2D eigenvalue weighted by molar-refractivity contribution is 5.34. The van der Waals surface area contributed by atoms with E-state index in [9.17, 15) is 15.2 Å². The van der Waals surface area contributed by atoms with Crippen molar-refractivity contribution in [2.75, 3.05) is 19.8 Å². The van der Waals surface area contributed by atoms with Gasteiger partial charge in [0.1, 0.15) is 0 Å². The lowest BCUT2D eigenvalue weighted by Gasteiger charge is -2.12. The van der Waals surface area contributed by atoms with Gasteiger partial charge in [0.2, 0.25) is 0 Å². The van der Waals surface area contributed by atoms with Gasteiger partial charge in [-0.05, 0) is 24.3 Å². The molecule has 110 valence electrons. The Bertz CT molecular complexity index is 449. The Kier molecular flexibility index (Phi) is 5.46. The maximum absolute atomic E-state index is 10.6. The zero-order valence-corrected chi connectivity index (χ0v) is 11.3. The van der Waals surface area contributed by atoms with Crippen molar-refractivity contribution in [3.63, 3.8) is 0 Å². The molecule has 1 saturated carbocycles. The molecule has 1 aromatic rings. The minimum Gasteiger partial charge on any atom is -0.389 e. The molecule has 1 atom stereocenters. The molecule has 1 aliphatic carbocycles. The van der Waals surface area contributed by atoms with Gasteiger partial charge < -0.3 is 15.2 Å². The Morgan fingerprint density at radius 3 is 3.00 bits per heavy atom. The first-order valence-corrected chi connectivity index (χ1v) is 6.85. The monoisotopic (exact) mass is 280 g/mol. The van der Waals surface area contributed by atoms with Gasteiger partial charge >= 0.3 is 0 Å². The molecule has 1 fully saturated rings. The maximum Gasteiger partial charge on any atom is 0.269 e. The summed E-state index contributed by atoms with van der Waals surface area (Å²) in [6.07, 6.45) is 1.93. The SMILES string of the molecule is O=[N+]([O-])c1cccc(CNCC(O)COCC2CC2)c1. The molecule has 1 unspecified atom stereocenters. The number of nitrogens with zero attached hydrogens (tertiary/aromatic N) is 1. The van der Waals surface area contributed by atoms with Gasteiger partial charge in [-0.2, -0.15) is 0 Å². The Morgan fingerprint density at radius 1 is 1.50 bits per heavy atom. The van der Waals surface area contributed by atoms with Gasteiger partial charge in [0, 0.05) is 31.8 Å². The highest BCUT2D eigenvalue weighted by Crippen LogP contribution is 2.28. The first kappa shape index (κ1) is 14.9. The largest absolute Gasteiger partial charge is 0.389 e. The first-order chi connectivity index (χ1) is 9.65. The highest BCUT2D eigenvalue weighted by Gasteiger charge is 2.21. The molecule has 0 saturated heterocycles. The van der Waals surface area contributed by atoms with E-state index in [4.69, 9.17) is 4.74 Å². The minimum absolute atomic E-state index is 0.0811. The normalized spacial score (nSPS) is 16.1. The van der Waals surface area contributed by atoms with Crippen molar-refractivity contribution < 1.29 is 14.8 Å². The second-order valence-electron chi connectivity index (χ2n) is 5.19. The van der Waals surface area contributed by atoms with Crippen LogP contribution in [0.1, 0.15) is 18.4 Å². The van der Waals surface area contributed by atoms with Crippen LogP contribution in [0.3, 0.4) is 0 Å². The van der Waals surface area contributed by atoms with Crippen LogP contribution in [-0.4, -0.2) is 35.9 Å². The topological polar surface area (TPSA) is 84.6 Å². The van der Waals surface area contributed by atoms with Crippen LogP contribution < -0.4 is 5.32 Å². The van der Waals surface area contributed by atoms with Crippen LogP contribution in [0.4, 0.5) is 5.69 Å². The zero-order chi connectivity index (χ0) is 14.4. The molecule has 0 amide bonds. The van der Waals surface area contributed by atoms with E-state index < -0.39 is 11.0 Å². The van der Waals surface area contributed by atoms with Gasteiger partial charge in [-0.15, -0.1) is 0 Å². The number of nitro benzene ring substituents is 1. The molecule has 6 nitrogen and oxygen atoms in total. The van der Waals surface area contributed by atoms with Crippen molar-refractivity contribution in [2.24, 2.45) is 5.92 Å². The van der Waals surface area contributed by atoms with E-state index in [2.05, 4.69) is 5.32 Å². The van der Waals surface area contributed by atoms with Gasteiger partial charge in [0.05, 0.1) is 17.6 Å². The van der Waals surface area contributed by atoms with E-state index in [1.54, 1.807) is 6.07 Å². The van der Waals surface area contributed by atoms with E-state index in [0.29, 0.717) is 25.6 Å². The Morgan fingerprint density at radius 2 is 2.30 bits per heavy atom. The molecule has 6 heteroatoms. The minimum atomic E-state index is -0.549. The third-order valence-corrected chi connectivity index (χ3v) is 3.19. The number of benzene rings is 1. The van der Waals surface area contributed by atoms with E-state index in [0.717, 1.165) is 12.2 Å². The van der Waals surface area contributed by atoms with Crippen molar-refractivity contribution in [1.29, 1.82) is 0 Å². The van der Waals surface area contributed by atoms with Gasteiger partial charge in [-0.25, -0.2) is 0 Å². The van der Waals surface area contributed by atoms with Crippen molar-refractivity contribution >= 4 is 5.69 Å². The average molecular weight is 280 g/mol. The molecule has 0 spiro atoms. The van der Waals surface area contributed by atoms with Crippen molar-refractivity contribution in [2.45, 2.75) is 25.5 Å². The van der Waals surface area contributed by atoms with Crippen LogP contribution in [0.15, 0.2) is 24.3 Å². The molecule has 20 heavy (non-hydrogen) atoms. The smallest absolute Gasteiger partial charge is 0.269 e. The molecule has 0 aromatic heterocycles. The Balaban J connectivity index is 1.63. The standard InChI is InChI=1S/C14H20N2O4/c17-14(10-20-9-11-4-5-11)8-15-7-12-2-1-3-13(6-12)16(18)19/h1-3,6,11,14-15,17H,4-5,7-10H2. The number of aliphatic hydroxyl groups is 1. The fourth-order valence-electron chi connectivity index (χ4n) is 1.88. The second kappa shape index (κ2) is 7.33. The average Bonchev–Trinajstić information content (AvgIpc) is 3.23. The molecule has 2 N–H and O–H groups in total. The lowest BCUT2D eigenvalue weighted by atomic mass is 10.2. The second-order valence-corrected chi connectivity index (χ2v) is 5.19. The molecule has 0 bridgehead atoms. The lowest BCUT2D eigenvalue weighted by molar-refractivity contribution is -0.384. The predicted octanol–water partition coefficient (Wildman–Crippen LogP) is 1.47. The zero-order valence-electron chi connectivity index (χ0n) is 11.3. The summed E-state index contributed by atoms with van der Waals surface area (Å²) in [6, 6.07) is 6.47. The predicted molar refractivity (Wildman–Crippen MR) is 74.4 cm³/mol. The summed E-state index contributed by atoms with van der Waals surface area (Å²) in [4.78, 5) is 10.2. The van der Waals surface area contributed by atoms with Crippen LogP contribution in [0.25, 0.3) is 0 Å². The Hall–Kier alpha value is -1.50. The number of nitro groups is 1. The number of ether oxygens (including phenoxy) is 1. The molecule has 2 rings (SSSR count). The van der Waals surface area contributed by atoms with E-state index in [1.165, 1.54) is 25.0 Å². The van der Waals surface area contributed by atoms with Crippen molar-refractivity contribution in [3.8, 4) is 0 Å². The molecule has 0 aliphatic heterocycles. The molecule has 0 heterocycles. The first-order valence-electron chi connectivity index (χ1n) is 6.85. The van der Waals surface area contributed by atoms with Crippen LogP contribution >= 0.6 is 0 Å². The van der Waals surface area contributed by atoms with Crippen LogP contribution in [0.5, 0.6) is 0 Å². The van der Waals surface area contributed by atoms with Gasteiger partial charge in [-0.3, -0.25) is 10.1 Å². The molecule has 1 aliphatic rings. The number of aliphatic hydroxyl groups excluding tert-OH is 1. The fraction of sp³-hybridized carbons (Fsp3) is 0.571. The van der Waals surface area contributed by atoms with Crippen LogP contribution in [0.2, 0.25) is 0 Å². The summed E-state index contributed by atoms with van der Waals surface area (Å²) in [5.74, 6) is 0.694. The third-order valence-electron chi connectivity index (χ3n) is 3.19. The summed E-state index contributed by atoms with van der Waals surface area (Å²) in [5, 5.41) is 23.4. The Labute approximate surface area is 117 Å². The van der Waals surface area contributed by atoms with Crippen LogP contribution in [-0.2, 0) is 11.3 Å². The van der Waals surface area contributed by atoms with Crippen molar-refractivity contribution in [3.05, 3.63) is 39.9 Å². The van der Waals surface area contributed by atoms with Gasteiger partial charge in [0.15, 0.2) is 0 Å². The number of hydrogen-bond acceptors (Lipinski definition) is 5. The number of hydrogen-bond donors (Lipinski definition) is 2. The number of nitrogens with one attached hydrogen (secondary N) is 1. The van der Waals surface area contributed by atoms with E-state index in [-0.39, 0.29) is 5.69 Å². The number of non-ortho nitro benzene ring substituents is 1. The number of rotatable bonds is 9. The summed E-state index contributed by atoms with van der Waals surface area (Å²) >= 11 is 0. The van der Waals surface area contributed by atoms with E-state index in [1.807, 2.05) is 6.07 Å². The lowest BCUT2D eigenvalue weighted by Crippen LogP contribution is -2.30. The molecular weight excluding hydrogens is 260 g/mol. The fourth-order valence-corrected chi connectivity index (χ4v) is 1.88. The van der Waals surface area contributed by atoms with Gasteiger partial charge in [0.25, 0.3) is 5.69 Å². The maximum atomic E-state index is 10.6. The quantitative estimate of drug-likeness (QED) is 0.528. The molecule has 1 aromatic carbocycles. The highest BCUT2D eigenvalue weighted by atomic mass is 16.6. The van der Waals surface area contributed by atoms with Crippen LogP contribution in [0, 0.1) is 16.0 Å². The summed E-state index contributed by atoms with van der Waals surface area (Å²) in [6.45, 7) is 1.97. The summed E-state index contributed by atoms with van der Waals surface area (Å²) in [5.41, 5.74) is 0.905.